The molecular weight excluding hydrogens is 486 g/mol. The minimum absolute atomic E-state index is 0.000185. The van der Waals surface area contributed by atoms with Crippen LogP contribution in [0.4, 0.5) is 17.6 Å². The molecule has 0 spiro atoms. The topological polar surface area (TPSA) is 64.0 Å². The van der Waals surface area contributed by atoms with Gasteiger partial charge in [0.25, 0.3) is 0 Å². The van der Waals surface area contributed by atoms with Crippen LogP contribution in [0.3, 0.4) is 0 Å². The van der Waals surface area contributed by atoms with Crippen molar-refractivity contribution in [3.05, 3.63) is 71.7 Å². The molecule has 0 bridgehead atoms. The lowest BCUT2D eigenvalue weighted by Gasteiger charge is -2.11. The molecule has 1 fully saturated rings. The minimum atomic E-state index is -4.41. The van der Waals surface area contributed by atoms with Crippen molar-refractivity contribution in [3.63, 3.8) is 0 Å². The Labute approximate surface area is 215 Å². The lowest BCUT2D eigenvalue weighted by molar-refractivity contribution is -0.137. The van der Waals surface area contributed by atoms with Gasteiger partial charge in [0.1, 0.15) is 11.6 Å². The number of carbonyl (C=O) groups excluding carboxylic acids is 2. The lowest BCUT2D eigenvalue weighted by atomic mass is 9.94. The third-order valence-corrected chi connectivity index (χ3v) is 5.42. The van der Waals surface area contributed by atoms with Crippen LogP contribution < -0.4 is 5.32 Å². The summed E-state index contributed by atoms with van der Waals surface area (Å²) < 4.78 is 53.2. The van der Waals surface area contributed by atoms with E-state index in [-0.39, 0.29) is 23.5 Å². The van der Waals surface area contributed by atoms with Gasteiger partial charge in [-0.15, -0.1) is 0 Å². The van der Waals surface area contributed by atoms with Crippen molar-refractivity contribution < 1.29 is 27.2 Å². The molecule has 0 radical (unpaired) electrons. The molecule has 1 aliphatic rings. The number of rotatable bonds is 3. The maximum atomic E-state index is 13.1. The van der Waals surface area contributed by atoms with Crippen LogP contribution >= 0.6 is 0 Å². The van der Waals surface area contributed by atoms with Crippen molar-refractivity contribution in [2.24, 2.45) is 11.8 Å². The number of hydrogen-bond donors (Lipinski definition) is 1. The molecular formula is C28H35F4N3O2. The summed E-state index contributed by atoms with van der Waals surface area (Å²) in [4.78, 5) is 21.6. The fraction of sp³-hybridized carbons (Fsp3) is 0.393. The van der Waals surface area contributed by atoms with E-state index in [0.717, 1.165) is 12.1 Å². The molecule has 1 aliphatic heterocycles. The molecule has 1 N–H and O–H groups in total. The lowest BCUT2D eigenvalue weighted by Crippen LogP contribution is -2.18. The largest absolute Gasteiger partial charge is 0.416 e. The summed E-state index contributed by atoms with van der Waals surface area (Å²) in [5, 5.41) is 6.93. The predicted molar refractivity (Wildman–Crippen MR) is 138 cm³/mol. The molecule has 202 valence electrons. The molecule has 0 aliphatic carbocycles. The van der Waals surface area contributed by atoms with E-state index in [1.165, 1.54) is 41.9 Å². The number of halogens is 4. The smallest absolute Gasteiger partial charge is 0.355 e. The van der Waals surface area contributed by atoms with E-state index in [2.05, 4.69) is 10.4 Å². The first kappa shape index (κ1) is 31.5. The summed E-state index contributed by atoms with van der Waals surface area (Å²) >= 11 is 0. The number of benzene rings is 2. The maximum absolute atomic E-state index is 13.1. The summed E-state index contributed by atoms with van der Waals surface area (Å²) in [6.45, 7) is 13.6. The summed E-state index contributed by atoms with van der Waals surface area (Å²) in [6, 6.07) is 12.4. The van der Waals surface area contributed by atoms with Gasteiger partial charge in [0.15, 0.2) is 0 Å². The highest BCUT2D eigenvalue weighted by Gasteiger charge is 2.33. The van der Waals surface area contributed by atoms with E-state index in [4.69, 9.17) is 0 Å². The Kier molecular flexibility index (Phi) is 12.2. The summed E-state index contributed by atoms with van der Waals surface area (Å²) in [5.41, 5.74) is 1.41. The van der Waals surface area contributed by atoms with Crippen LogP contribution in [0.15, 0.2) is 54.6 Å². The van der Waals surface area contributed by atoms with Gasteiger partial charge in [-0.3, -0.25) is 9.59 Å². The first-order valence-corrected chi connectivity index (χ1v) is 12.3. The SMILES string of the molecule is CC.CC.CC(=O)[C@H]1CNC(=O)C1C.Cc1cc(-c2cccc(C(F)(F)F)c2)n(-c2ccc(F)cc2)n1. The van der Waals surface area contributed by atoms with Gasteiger partial charge in [-0.1, -0.05) is 46.8 Å². The molecule has 37 heavy (non-hydrogen) atoms. The Balaban J connectivity index is 0.000000409. The molecule has 2 aromatic carbocycles. The predicted octanol–water partition coefficient (Wildman–Crippen LogP) is 7.02. The van der Waals surface area contributed by atoms with Gasteiger partial charge in [0, 0.05) is 23.9 Å². The Morgan fingerprint density at radius 3 is 2.08 bits per heavy atom. The standard InChI is InChI=1S/C17H12F4N2.C7H11NO2.2C2H6/c1-11-9-16(12-3-2-4-13(10-12)17(19,20)21)23(22-11)15-7-5-14(18)6-8-15;1-4-6(5(2)9)3-8-7(4)10;2*1-2/h2-10H,1H3;4,6H,3H2,1-2H3,(H,8,10);2*1-2H3/t;4?,6-;;/m.0../s1. The summed E-state index contributed by atoms with van der Waals surface area (Å²) in [7, 11) is 0. The number of aromatic nitrogens is 2. The molecule has 1 saturated heterocycles. The Morgan fingerprint density at radius 2 is 1.62 bits per heavy atom. The fourth-order valence-electron chi connectivity index (χ4n) is 3.57. The quantitative estimate of drug-likeness (QED) is 0.377. The number of nitrogens with zero attached hydrogens (tertiary/aromatic N) is 2. The second kappa shape index (κ2) is 14.3. The molecule has 1 unspecified atom stereocenters. The highest BCUT2D eigenvalue weighted by molar-refractivity contribution is 5.90. The molecule has 9 heteroatoms. The third kappa shape index (κ3) is 8.55. The Morgan fingerprint density at radius 1 is 1.03 bits per heavy atom. The second-order valence-electron chi connectivity index (χ2n) is 7.89. The van der Waals surface area contributed by atoms with Gasteiger partial charge in [-0.25, -0.2) is 9.07 Å². The number of hydrogen-bond acceptors (Lipinski definition) is 3. The minimum Gasteiger partial charge on any atom is -0.355 e. The first-order chi connectivity index (χ1) is 17.5. The first-order valence-electron chi connectivity index (χ1n) is 12.3. The Hall–Kier alpha value is -3.49. The highest BCUT2D eigenvalue weighted by atomic mass is 19.4. The molecule has 1 aromatic heterocycles. The van der Waals surface area contributed by atoms with Crippen LogP contribution in [0.5, 0.6) is 0 Å². The molecule has 5 nitrogen and oxygen atoms in total. The van der Waals surface area contributed by atoms with Crippen LogP contribution in [-0.4, -0.2) is 28.0 Å². The number of nitrogens with one attached hydrogen (secondary N) is 1. The average Bonchev–Trinajstić information content (AvgIpc) is 3.44. The number of aryl methyl sites for hydroxylation is 1. The monoisotopic (exact) mass is 521 g/mol. The molecule has 3 aromatic rings. The van der Waals surface area contributed by atoms with E-state index >= 15 is 0 Å². The van der Waals surface area contributed by atoms with Gasteiger partial charge in [-0.2, -0.15) is 18.3 Å². The van der Waals surface area contributed by atoms with Crippen LogP contribution in [0.2, 0.25) is 0 Å². The number of alkyl halides is 3. The van der Waals surface area contributed by atoms with Crippen molar-refractivity contribution in [2.45, 2.75) is 54.6 Å². The molecule has 1 amide bonds. The van der Waals surface area contributed by atoms with E-state index in [1.54, 1.807) is 26.0 Å². The zero-order chi connectivity index (χ0) is 28.3. The number of carbonyl (C=O) groups is 2. The molecule has 0 saturated carbocycles. The van der Waals surface area contributed by atoms with Crippen LogP contribution in [0.25, 0.3) is 16.9 Å². The van der Waals surface area contributed by atoms with Gasteiger partial charge >= 0.3 is 6.18 Å². The normalized spacial score (nSPS) is 16.2. The van der Waals surface area contributed by atoms with Crippen molar-refractivity contribution in [1.82, 2.24) is 15.1 Å². The van der Waals surface area contributed by atoms with Gasteiger partial charge < -0.3 is 5.32 Å². The van der Waals surface area contributed by atoms with E-state index in [9.17, 15) is 27.2 Å². The Bertz CT molecular complexity index is 1150. The fourth-order valence-corrected chi connectivity index (χ4v) is 3.57. The van der Waals surface area contributed by atoms with Crippen molar-refractivity contribution in [3.8, 4) is 16.9 Å². The average molecular weight is 522 g/mol. The van der Waals surface area contributed by atoms with Crippen LogP contribution in [0, 0.1) is 24.6 Å². The van der Waals surface area contributed by atoms with Crippen LogP contribution in [-0.2, 0) is 15.8 Å². The van der Waals surface area contributed by atoms with Gasteiger partial charge in [0.05, 0.1) is 22.6 Å². The molecule has 4 rings (SSSR count). The van der Waals surface area contributed by atoms with Gasteiger partial charge in [0.2, 0.25) is 5.91 Å². The molecule has 2 atom stereocenters. The zero-order valence-corrected chi connectivity index (χ0v) is 22.3. The molecule has 2 heterocycles. The van der Waals surface area contributed by atoms with Gasteiger partial charge in [-0.05, 0) is 56.3 Å². The number of amides is 1. The summed E-state index contributed by atoms with van der Waals surface area (Å²) in [5.74, 6) is -0.505. The van der Waals surface area contributed by atoms with Crippen LogP contribution in [0.1, 0.15) is 52.8 Å². The zero-order valence-electron chi connectivity index (χ0n) is 22.3. The highest BCUT2D eigenvalue weighted by Crippen LogP contribution is 2.33. The van der Waals surface area contributed by atoms with E-state index in [0.29, 0.717) is 29.2 Å². The number of ketones is 1. The second-order valence-corrected chi connectivity index (χ2v) is 7.89. The van der Waals surface area contributed by atoms with Crippen molar-refractivity contribution >= 4 is 11.7 Å². The number of Topliss-reactive ketones (excluding diaryl/α,β-unsaturated/α-hetero) is 1. The van der Waals surface area contributed by atoms with Crippen molar-refractivity contribution in [1.29, 1.82) is 0 Å². The van der Waals surface area contributed by atoms with Crippen molar-refractivity contribution in [2.75, 3.05) is 6.54 Å². The van der Waals surface area contributed by atoms with E-state index in [1.807, 2.05) is 27.7 Å². The third-order valence-electron chi connectivity index (χ3n) is 5.42. The van der Waals surface area contributed by atoms with E-state index < -0.39 is 17.6 Å². The maximum Gasteiger partial charge on any atom is 0.416 e. The summed E-state index contributed by atoms with van der Waals surface area (Å²) in [6.07, 6.45) is -4.41.